The van der Waals surface area contributed by atoms with Crippen molar-refractivity contribution < 1.29 is 32.2 Å². The van der Waals surface area contributed by atoms with Crippen molar-refractivity contribution in [1.29, 1.82) is 0 Å². The van der Waals surface area contributed by atoms with E-state index in [1.54, 1.807) is 32.5 Å². The van der Waals surface area contributed by atoms with Gasteiger partial charge in [0.25, 0.3) is 5.91 Å². The summed E-state index contributed by atoms with van der Waals surface area (Å²) in [6.45, 7) is 0. The number of nitrogens with zero attached hydrogens (tertiary/aromatic N) is 2. The number of rotatable bonds is 10. The van der Waals surface area contributed by atoms with E-state index in [0.717, 1.165) is 26.3 Å². The van der Waals surface area contributed by atoms with Gasteiger partial charge in [0, 0.05) is 49.4 Å². The third-order valence-corrected chi connectivity index (χ3v) is 8.29. The van der Waals surface area contributed by atoms with Crippen molar-refractivity contribution in [3.8, 4) is 23.0 Å². The van der Waals surface area contributed by atoms with Crippen LogP contribution in [0.15, 0.2) is 65.7 Å². The number of methoxy groups -OCH3 is 4. The molecule has 40 heavy (non-hydrogen) atoms. The number of fused-ring (bicyclic) bond motifs is 1. The lowest BCUT2D eigenvalue weighted by Crippen LogP contribution is -2.22. The standard InChI is InChI=1S/C29H31N3O7S/c1-32(2)40(34,35)21-9-7-18(8-10-21)29(33)31-23-17-28(39-6)26(37-4)15-20(23)13-24-22-16-27(38-5)25(36-3)14-19(22)11-12-30-24/h7-12,14-17H,13H2,1-6H3,(H,31,33). The summed E-state index contributed by atoms with van der Waals surface area (Å²) in [5, 5.41) is 4.72. The molecule has 4 rings (SSSR count). The molecule has 0 aliphatic carbocycles. The normalized spacial score (nSPS) is 11.4. The van der Waals surface area contributed by atoms with Crippen LogP contribution in [0.5, 0.6) is 23.0 Å². The van der Waals surface area contributed by atoms with Crippen LogP contribution in [0.4, 0.5) is 5.69 Å². The number of carbonyl (C=O) groups excluding carboxylic acids is 1. The van der Waals surface area contributed by atoms with Crippen LogP contribution < -0.4 is 24.3 Å². The van der Waals surface area contributed by atoms with Crippen LogP contribution in [0.25, 0.3) is 10.8 Å². The van der Waals surface area contributed by atoms with Crippen LogP contribution in [-0.2, 0) is 16.4 Å². The highest BCUT2D eigenvalue weighted by Gasteiger charge is 2.20. The van der Waals surface area contributed by atoms with E-state index in [0.29, 0.717) is 40.7 Å². The summed E-state index contributed by atoms with van der Waals surface area (Å²) in [5.41, 5.74) is 2.26. The summed E-state index contributed by atoms with van der Waals surface area (Å²) in [5.74, 6) is 1.69. The van der Waals surface area contributed by atoms with Crippen LogP contribution in [-0.4, -0.2) is 66.1 Å². The predicted octanol–water partition coefficient (Wildman–Crippen LogP) is 4.36. The van der Waals surface area contributed by atoms with Crippen molar-refractivity contribution in [2.24, 2.45) is 0 Å². The molecule has 0 aliphatic rings. The molecular weight excluding hydrogens is 534 g/mol. The third kappa shape index (κ3) is 5.65. The first kappa shape index (κ1) is 28.7. The molecule has 10 nitrogen and oxygen atoms in total. The van der Waals surface area contributed by atoms with Gasteiger partial charge in [-0.15, -0.1) is 0 Å². The molecule has 0 fully saturated rings. The molecule has 0 atom stereocenters. The molecule has 0 aliphatic heterocycles. The van der Waals surface area contributed by atoms with Crippen molar-refractivity contribution in [2.45, 2.75) is 11.3 Å². The number of benzene rings is 3. The summed E-state index contributed by atoms with van der Waals surface area (Å²) in [7, 11) is 5.49. The molecule has 1 aromatic heterocycles. The fraction of sp³-hybridized carbons (Fsp3) is 0.241. The maximum atomic E-state index is 13.2. The van der Waals surface area contributed by atoms with Crippen LogP contribution in [0.2, 0.25) is 0 Å². The monoisotopic (exact) mass is 565 g/mol. The van der Waals surface area contributed by atoms with Crippen LogP contribution >= 0.6 is 0 Å². The summed E-state index contributed by atoms with van der Waals surface area (Å²) in [6.07, 6.45) is 2.06. The quantitative estimate of drug-likeness (QED) is 0.302. The third-order valence-electron chi connectivity index (χ3n) is 6.46. The number of anilines is 1. The molecule has 0 radical (unpaired) electrons. The maximum Gasteiger partial charge on any atom is 0.255 e. The number of hydrogen-bond acceptors (Lipinski definition) is 8. The van der Waals surface area contributed by atoms with Gasteiger partial charge in [-0.2, -0.15) is 0 Å². The number of carbonyl (C=O) groups is 1. The molecule has 1 amide bonds. The molecular formula is C29H31N3O7S. The first-order chi connectivity index (χ1) is 19.1. The first-order valence-electron chi connectivity index (χ1n) is 12.2. The lowest BCUT2D eigenvalue weighted by Gasteiger charge is -2.17. The summed E-state index contributed by atoms with van der Waals surface area (Å²) < 4.78 is 47.9. The highest BCUT2D eigenvalue weighted by atomic mass is 32.2. The van der Waals surface area contributed by atoms with E-state index < -0.39 is 15.9 Å². The Labute approximate surface area is 233 Å². The number of pyridine rings is 1. The Morgan fingerprint density at radius 2 is 1.40 bits per heavy atom. The minimum Gasteiger partial charge on any atom is -0.493 e. The zero-order chi connectivity index (χ0) is 29.0. The van der Waals surface area contributed by atoms with E-state index in [2.05, 4.69) is 10.3 Å². The minimum absolute atomic E-state index is 0.0925. The van der Waals surface area contributed by atoms with Gasteiger partial charge < -0.3 is 24.3 Å². The Hall–Kier alpha value is -4.35. The molecule has 4 aromatic rings. The van der Waals surface area contributed by atoms with Gasteiger partial charge in [0.1, 0.15) is 0 Å². The van der Waals surface area contributed by atoms with E-state index in [1.807, 2.05) is 18.2 Å². The zero-order valence-corrected chi connectivity index (χ0v) is 24.0. The summed E-state index contributed by atoms with van der Waals surface area (Å²) >= 11 is 0. The predicted molar refractivity (Wildman–Crippen MR) is 152 cm³/mol. The van der Waals surface area contributed by atoms with Gasteiger partial charge in [-0.05, 0) is 59.5 Å². The Morgan fingerprint density at radius 3 is 2.00 bits per heavy atom. The SMILES string of the molecule is COc1cc(Cc2nccc3cc(OC)c(OC)cc23)c(NC(=O)c2ccc(S(=O)(=O)N(C)C)cc2)cc1OC. The van der Waals surface area contributed by atoms with Crippen molar-refractivity contribution in [3.63, 3.8) is 0 Å². The van der Waals surface area contributed by atoms with Crippen molar-refractivity contribution in [1.82, 2.24) is 9.29 Å². The first-order valence-corrected chi connectivity index (χ1v) is 13.6. The van der Waals surface area contributed by atoms with Gasteiger partial charge in [-0.25, -0.2) is 12.7 Å². The molecule has 1 heterocycles. The van der Waals surface area contributed by atoms with Crippen molar-refractivity contribution in [2.75, 3.05) is 47.9 Å². The van der Waals surface area contributed by atoms with Gasteiger partial charge in [0.2, 0.25) is 10.0 Å². The zero-order valence-electron chi connectivity index (χ0n) is 23.1. The Kier molecular flexibility index (Phi) is 8.46. The van der Waals surface area contributed by atoms with E-state index in [9.17, 15) is 13.2 Å². The van der Waals surface area contributed by atoms with E-state index in [4.69, 9.17) is 18.9 Å². The van der Waals surface area contributed by atoms with Crippen molar-refractivity contribution >= 4 is 32.4 Å². The molecule has 0 unspecified atom stereocenters. The lowest BCUT2D eigenvalue weighted by molar-refractivity contribution is 0.102. The largest absolute Gasteiger partial charge is 0.493 e. The second-order valence-corrected chi connectivity index (χ2v) is 11.1. The lowest BCUT2D eigenvalue weighted by atomic mass is 10.0. The van der Waals surface area contributed by atoms with Crippen LogP contribution in [0, 0.1) is 0 Å². The number of amides is 1. The van der Waals surface area contributed by atoms with E-state index in [1.165, 1.54) is 52.6 Å². The smallest absolute Gasteiger partial charge is 0.255 e. The van der Waals surface area contributed by atoms with E-state index >= 15 is 0 Å². The van der Waals surface area contributed by atoms with Crippen LogP contribution in [0.3, 0.4) is 0 Å². The molecule has 0 saturated heterocycles. The van der Waals surface area contributed by atoms with Crippen molar-refractivity contribution in [3.05, 3.63) is 77.6 Å². The maximum absolute atomic E-state index is 13.2. The number of hydrogen-bond donors (Lipinski definition) is 1. The van der Waals surface area contributed by atoms with Gasteiger partial charge in [0.05, 0.1) is 39.0 Å². The fourth-order valence-corrected chi connectivity index (χ4v) is 5.15. The number of sulfonamides is 1. The Morgan fingerprint density at radius 1 is 0.825 bits per heavy atom. The second-order valence-electron chi connectivity index (χ2n) is 8.99. The van der Waals surface area contributed by atoms with Gasteiger partial charge in [0.15, 0.2) is 23.0 Å². The number of aromatic nitrogens is 1. The highest BCUT2D eigenvalue weighted by Crippen LogP contribution is 2.37. The summed E-state index contributed by atoms with van der Waals surface area (Å²) in [4.78, 5) is 18.0. The Balaban J connectivity index is 1.73. The van der Waals surface area contributed by atoms with Gasteiger partial charge >= 0.3 is 0 Å². The fourth-order valence-electron chi connectivity index (χ4n) is 4.25. The molecule has 0 spiro atoms. The van der Waals surface area contributed by atoms with E-state index in [-0.39, 0.29) is 4.90 Å². The minimum atomic E-state index is -3.62. The second kappa shape index (κ2) is 11.8. The summed E-state index contributed by atoms with van der Waals surface area (Å²) in [6, 6.07) is 14.9. The highest BCUT2D eigenvalue weighted by molar-refractivity contribution is 7.89. The average molecular weight is 566 g/mol. The molecule has 1 N–H and O–H groups in total. The number of ether oxygens (including phenoxy) is 4. The molecule has 0 saturated carbocycles. The topological polar surface area (TPSA) is 116 Å². The average Bonchev–Trinajstić information content (AvgIpc) is 2.96. The van der Waals surface area contributed by atoms with Crippen LogP contribution in [0.1, 0.15) is 21.6 Å². The molecule has 210 valence electrons. The number of nitrogens with one attached hydrogen (secondary N) is 1. The molecule has 3 aromatic carbocycles. The van der Waals surface area contributed by atoms with Gasteiger partial charge in [-0.3, -0.25) is 9.78 Å². The van der Waals surface area contributed by atoms with Gasteiger partial charge in [-0.1, -0.05) is 0 Å². The Bertz CT molecular complexity index is 1650. The molecule has 11 heteroatoms. The molecule has 0 bridgehead atoms.